The molecule has 20 heavy (non-hydrogen) atoms. The van der Waals surface area contributed by atoms with Crippen molar-refractivity contribution in [2.24, 2.45) is 0 Å². The molecule has 7 heteroatoms. The minimum Gasteiger partial charge on any atom is -0.399 e. The molecule has 2 aromatic rings. The van der Waals surface area contributed by atoms with Gasteiger partial charge in [0.05, 0.1) is 4.90 Å². The number of hydrogen-bond donors (Lipinski definition) is 3. The highest BCUT2D eigenvalue weighted by atomic mass is 32.2. The van der Waals surface area contributed by atoms with Crippen LogP contribution in [-0.2, 0) is 10.1 Å². The molecular weight excluding hydrogens is 280 g/mol. The molecule has 2 rings (SSSR count). The van der Waals surface area contributed by atoms with Crippen LogP contribution in [0.4, 0.5) is 11.4 Å². The first-order valence-electron chi connectivity index (χ1n) is 5.61. The lowest BCUT2D eigenvalue weighted by Crippen LogP contribution is -2.12. The van der Waals surface area contributed by atoms with Gasteiger partial charge >= 0.3 is 0 Å². The zero-order chi connectivity index (χ0) is 14.8. The number of nitrogens with two attached hydrogens (primary N) is 1. The van der Waals surface area contributed by atoms with Gasteiger partial charge in [-0.25, -0.2) is 0 Å². The van der Waals surface area contributed by atoms with E-state index in [-0.39, 0.29) is 10.6 Å². The third-order valence-corrected chi connectivity index (χ3v) is 3.41. The molecular formula is C13H12N2O4S. The SMILES string of the molecule is Nc1ccc(C(=O)Nc2cccc(S(=O)(=O)O)c2)cc1. The average molecular weight is 292 g/mol. The fraction of sp³-hybridized carbons (Fsp3) is 0. The highest BCUT2D eigenvalue weighted by Crippen LogP contribution is 2.16. The normalized spacial score (nSPS) is 11.1. The van der Waals surface area contributed by atoms with Gasteiger partial charge in [0.2, 0.25) is 0 Å². The number of anilines is 2. The Hall–Kier alpha value is -2.38. The van der Waals surface area contributed by atoms with Crippen molar-refractivity contribution >= 4 is 27.4 Å². The summed E-state index contributed by atoms with van der Waals surface area (Å²) < 4.78 is 31.0. The first-order chi connectivity index (χ1) is 9.36. The van der Waals surface area contributed by atoms with Crippen molar-refractivity contribution in [1.29, 1.82) is 0 Å². The zero-order valence-corrected chi connectivity index (χ0v) is 11.1. The van der Waals surface area contributed by atoms with Crippen molar-refractivity contribution in [2.45, 2.75) is 4.90 Å². The Morgan fingerprint density at radius 3 is 2.35 bits per heavy atom. The van der Waals surface area contributed by atoms with Crippen LogP contribution in [0, 0.1) is 0 Å². The number of carbonyl (C=O) groups is 1. The molecule has 0 aliphatic heterocycles. The molecule has 104 valence electrons. The van der Waals surface area contributed by atoms with E-state index in [0.29, 0.717) is 11.3 Å². The van der Waals surface area contributed by atoms with E-state index in [9.17, 15) is 13.2 Å². The number of hydrogen-bond acceptors (Lipinski definition) is 4. The Morgan fingerprint density at radius 2 is 1.75 bits per heavy atom. The Balaban J connectivity index is 2.22. The van der Waals surface area contributed by atoms with E-state index >= 15 is 0 Å². The Bertz CT molecular complexity index is 739. The van der Waals surface area contributed by atoms with Gasteiger partial charge in [-0.15, -0.1) is 0 Å². The smallest absolute Gasteiger partial charge is 0.294 e. The van der Waals surface area contributed by atoms with Gasteiger partial charge in [0.1, 0.15) is 0 Å². The Labute approximate surface area is 116 Å². The number of carbonyl (C=O) groups excluding carboxylic acids is 1. The quantitative estimate of drug-likeness (QED) is 0.590. The number of nitrogens with one attached hydrogen (secondary N) is 1. The van der Waals surface area contributed by atoms with E-state index in [1.165, 1.54) is 24.3 Å². The van der Waals surface area contributed by atoms with Gasteiger partial charge in [-0.2, -0.15) is 8.42 Å². The van der Waals surface area contributed by atoms with Gasteiger partial charge in [-0.05, 0) is 42.5 Å². The van der Waals surface area contributed by atoms with E-state index in [2.05, 4.69) is 5.32 Å². The van der Waals surface area contributed by atoms with Gasteiger partial charge < -0.3 is 11.1 Å². The molecule has 0 aliphatic rings. The molecule has 0 atom stereocenters. The first kappa shape index (κ1) is 14.0. The van der Waals surface area contributed by atoms with Crippen LogP contribution >= 0.6 is 0 Å². The topological polar surface area (TPSA) is 109 Å². The van der Waals surface area contributed by atoms with E-state index in [0.717, 1.165) is 0 Å². The molecule has 1 amide bonds. The van der Waals surface area contributed by atoms with Crippen LogP contribution in [0.5, 0.6) is 0 Å². The highest BCUT2D eigenvalue weighted by Gasteiger charge is 2.11. The second-order valence-corrected chi connectivity index (χ2v) is 5.50. The third kappa shape index (κ3) is 3.34. The second kappa shape index (κ2) is 5.32. The van der Waals surface area contributed by atoms with Gasteiger partial charge in [0.25, 0.3) is 16.0 Å². The summed E-state index contributed by atoms with van der Waals surface area (Å²) in [5.41, 5.74) is 6.71. The van der Waals surface area contributed by atoms with Crippen LogP contribution in [0.3, 0.4) is 0 Å². The minimum absolute atomic E-state index is 0.266. The van der Waals surface area contributed by atoms with Gasteiger partial charge in [0, 0.05) is 16.9 Å². The molecule has 0 saturated carbocycles. The molecule has 0 bridgehead atoms. The maximum atomic E-state index is 11.9. The molecule has 0 unspecified atom stereocenters. The zero-order valence-electron chi connectivity index (χ0n) is 10.3. The summed E-state index contributed by atoms with van der Waals surface area (Å²) in [6.07, 6.45) is 0. The number of amides is 1. The maximum absolute atomic E-state index is 11.9. The first-order valence-corrected chi connectivity index (χ1v) is 7.05. The Kier molecular flexibility index (Phi) is 3.73. The highest BCUT2D eigenvalue weighted by molar-refractivity contribution is 7.85. The molecule has 0 fully saturated rings. The largest absolute Gasteiger partial charge is 0.399 e. The van der Waals surface area contributed by atoms with Crippen LogP contribution in [0.2, 0.25) is 0 Å². The second-order valence-electron chi connectivity index (χ2n) is 4.08. The van der Waals surface area contributed by atoms with Crippen LogP contribution in [-0.4, -0.2) is 18.9 Å². The van der Waals surface area contributed by atoms with Gasteiger partial charge in [-0.1, -0.05) is 6.07 Å². The standard InChI is InChI=1S/C13H12N2O4S/c14-10-6-4-9(5-7-10)13(16)15-11-2-1-3-12(8-11)20(17,18)19/h1-8H,14H2,(H,15,16)(H,17,18,19). The summed E-state index contributed by atoms with van der Waals surface area (Å²) in [5.74, 6) is -0.405. The molecule has 4 N–H and O–H groups in total. The molecule has 0 aliphatic carbocycles. The van der Waals surface area contributed by atoms with Crippen LogP contribution < -0.4 is 11.1 Å². The molecule has 2 aromatic carbocycles. The molecule has 0 radical (unpaired) electrons. The van der Waals surface area contributed by atoms with Crippen molar-refractivity contribution < 1.29 is 17.8 Å². The summed E-state index contributed by atoms with van der Waals surface area (Å²) in [5, 5.41) is 2.53. The molecule has 0 heterocycles. The van der Waals surface area contributed by atoms with Crippen molar-refractivity contribution in [3.8, 4) is 0 Å². The average Bonchev–Trinajstić information content (AvgIpc) is 2.38. The van der Waals surface area contributed by atoms with Gasteiger partial charge in [-0.3, -0.25) is 9.35 Å². The molecule has 0 spiro atoms. The summed E-state index contributed by atoms with van der Waals surface area (Å²) in [6, 6.07) is 11.6. The van der Waals surface area contributed by atoms with E-state index < -0.39 is 16.0 Å². The van der Waals surface area contributed by atoms with Crippen molar-refractivity contribution in [3.63, 3.8) is 0 Å². The van der Waals surface area contributed by atoms with E-state index in [1.807, 2.05) is 0 Å². The van der Waals surface area contributed by atoms with Crippen molar-refractivity contribution in [2.75, 3.05) is 11.1 Å². The summed E-state index contributed by atoms with van der Waals surface area (Å²) >= 11 is 0. The van der Waals surface area contributed by atoms with Crippen LogP contribution in [0.25, 0.3) is 0 Å². The maximum Gasteiger partial charge on any atom is 0.294 e. The Morgan fingerprint density at radius 1 is 1.10 bits per heavy atom. The van der Waals surface area contributed by atoms with Gasteiger partial charge in [0.15, 0.2) is 0 Å². The predicted molar refractivity (Wildman–Crippen MR) is 75.1 cm³/mol. The fourth-order valence-electron chi connectivity index (χ4n) is 1.57. The lowest BCUT2D eigenvalue weighted by Gasteiger charge is -2.06. The van der Waals surface area contributed by atoms with E-state index in [1.54, 1.807) is 24.3 Å². The number of rotatable bonds is 3. The monoisotopic (exact) mass is 292 g/mol. The fourth-order valence-corrected chi connectivity index (χ4v) is 2.10. The van der Waals surface area contributed by atoms with Crippen LogP contribution in [0.1, 0.15) is 10.4 Å². The van der Waals surface area contributed by atoms with Crippen LogP contribution in [0.15, 0.2) is 53.4 Å². The van der Waals surface area contributed by atoms with E-state index in [4.69, 9.17) is 10.3 Å². The third-order valence-electron chi connectivity index (χ3n) is 2.56. The molecule has 0 aromatic heterocycles. The summed E-state index contributed by atoms with van der Waals surface area (Å²) in [7, 11) is -4.30. The number of nitrogen functional groups attached to an aromatic ring is 1. The van der Waals surface area contributed by atoms with Crippen molar-refractivity contribution in [1.82, 2.24) is 0 Å². The predicted octanol–water partition coefficient (Wildman–Crippen LogP) is 1.77. The molecule has 0 saturated heterocycles. The lowest BCUT2D eigenvalue weighted by atomic mass is 10.2. The van der Waals surface area contributed by atoms with Crippen molar-refractivity contribution in [3.05, 3.63) is 54.1 Å². The summed E-state index contributed by atoms with van der Waals surface area (Å²) in [6.45, 7) is 0. The lowest BCUT2D eigenvalue weighted by molar-refractivity contribution is 0.102. The minimum atomic E-state index is -4.30. The number of benzene rings is 2. The molecule has 6 nitrogen and oxygen atoms in total. The summed E-state index contributed by atoms with van der Waals surface area (Å²) in [4.78, 5) is 11.6.